The lowest BCUT2D eigenvalue weighted by Crippen LogP contribution is -2.46. The molecule has 2 heterocycles. The highest BCUT2D eigenvalue weighted by atomic mass is 127. The summed E-state index contributed by atoms with van der Waals surface area (Å²) in [5, 5.41) is 3.51. The van der Waals surface area contributed by atoms with Gasteiger partial charge in [0.2, 0.25) is 0 Å². The molecule has 0 unspecified atom stereocenters. The van der Waals surface area contributed by atoms with Crippen molar-refractivity contribution in [3.8, 4) is 0 Å². The fourth-order valence-electron chi connectivity index (χ4n) is 3.85. The third kappa shape index (κ3) is 7.86. The minimum atomic E-state index is 0. The number of morpholine rings is 1. The van der Waals surface area contributed by atoms with Gasteiger partial charge in [-0.15, -0.1) is 24.0 Å². The first-order valence-electron chi connectivity index (χ1n) is 10.8. The average Bonchev–Trinajstić information content (AvgIpc) is 2.79. The van der Waals surface area contributed by atoms with Crippen LogP contribution in [0.3, 0.4) is 0 Å². The minimum Gasteiger partial charge on any atom is -0.385 e. The Labute approximate surface area is 198 Å². The number of hydrogen-bond acceptors (Lipinski definition) is 5. The zero-order chi connectivity index (χ0) is 20.3. The van der Waals surface area contributed by atoms with Crippen LogP contribution in [0.25, 0.3) is 0 Å². The van der Waals surface area contributed by atoms with E-state index in [1.807, 2.05) is 7.05 Å². The maximum Gasteiger partial charge on any atom is 0.193 e. The zero-order valence-corrected chi connectivity index (χ0v) is 20.7. The van der Waals surface area contributed by atoms with Gasteiger partial charge in [-0.2, -0.15) is 0 Å². The van der Waals surface area contributed by atoms with Crippen molar-refractivity contribution in [2.45, 2.75) is 31.9 Å². The van der Waals surface area contributed by atoms with E-state index in [1.165, 1.54) is 11.3 Å². The van der Waals surface area contributed by atoms with Crippen LogP contribution in [0.4, 0.5) is 5.69 Å². The van der Waals surface area contributed by atoms with Gasteiger partial charge in [0.05, 0.1) is 19.3 Å². The predicted octanol–water partition coefficient (Wildman–Crippen LogP) is 2.73. The van der Waals surface area contributed by atoms with E-state index in [1.54, 1.807) is 7.11 Å². The van der Waals surface area contributed by atoms with Gasteiger partial charge >= 0.3 is 0 Å². The van der Waals surface area contributed by atoms with E-state index in [9.17, 15) is 0 Å². The summed E-state index contributed by atoms with van der Waals surface area (Å²) in [6, 6.07) is 8.81. The van der Waals surface area contributed by atoms with Crippen LogP contribution >= 0.6 is 24.0 Å². The minimum absolute atomic E-state index is 0. The first-order chi connectivity index (χ1) is 14.3. The Hall–Kier alpha value is -1.10. The molecule has 0 aromatic heterocycles. The van der Waals surface area contributed by atoms with Gasteiger partial charge in [-0.3, -0.25) is 4.99 Å². The summed E-state index contributed by atoms with van der Waals surface area (Å²) in [6.07, 6.45) is 3.41. The molecule has 2 aliphatic heterocycles. The number of nitrogens with zero attached hydrogens (tertiary/aromatic N) is 3. The first kappa shape index (κ1) is 25.2. The van der Waals surface area contributed by atoms with Gasteiger partial charge in [0.1, 0.15) is 0 Å². The average molecular weight is 532 g/mol. The lowest BCUT2D eigenvalue weighted by Gasteiger charge is -2.34. The molecule has 0 radical (unpaired) electrons. The molecular weight excluding hydrogens is 495 g/mol. The van der Waals surface area contributed by atoms with Gasteiger partial charge < -0.3 is 29.3 Å². The Balaban J connectivity index is 0.00000320. The summed E-state index contributed by atoms with van der Waals surface area (Å²) >= 11 is 0. The summed E-state index contributed by atoms with van der Waals surface area (Å²) in [7, 11) is 3.59. The molecule has 1 N–H and O–H groups in total. The number of nitrogens with one attached hydrogen (secondary N) is 1. The maximum absolute atomic E-state index is 5.96. The number of guanidine groups is 1. The van der Waals surface area contributed by atoms with Crippen molar-refractivity contribution in [2.75, 3.05) is 71.7 Å². The first-order valence-corrected chi connectivity index (χ1v) is 10.8. The second-order valence-corrected chi connectivity index (χ2v) is 7.57. The predicted molar refractivity (Wildman–Crippen MR) is 132 cm³/mol. The van der Waals surface area contributed by atoms with E-state index in [2.05, 4.69) is 44.4 Å². The van der Waals surface area contributed by atoms with Gasteiger partial charge in [-0.05, 0) is 37.0 Å². The molecule has 0 spiro atoms. The van der Waals surface area contributed by atoms with Crippen molar-refractivity contribution in [2.24, 2.45) is 4.99 Å². The van der Waals surface area contributed by atoms with Crippen molar-refractivity contribution in [3.63, 3.8) is 0 Å². The Morgan fingerprint density at radius 2 is 1.80 bits per heavy atom. The van der Waals surface area contributed by atoms with E-state index < -0.39 is 0 Å². The number of halogens is 1. The van der Waals surface area contributed by atoms with Crippen molar-refractivity contribution >= 4 is 35.6 Å². The largest absolute Gasteiger partial charge is 0.385 e. The SMILES string of the molecule is CN=C(NCc1ccc(N2CCOCC2)cc1)N1CCC(OCCCOC)CC1.I. The molecule has 1 aromatic rings. The van der Waals surface area contributed by atoms with Gasteiger partial charge in [0, 0.05) is 65.8 Å². The molecular formula is C22H37IN4O3. The molecule has 1 aromatic carbocycles. The molecule has 0 atom stereocenters. The van der Waals surface area contributed by atoms with Crippen molar-refractivity contribution < 1.29 is 14.2 Å². The third-order valence-electron chi connectivity index (χ3n) is 5.56. The number of methoxy groups -OCH3 is 1. The van der Waals surface area contributed by atoms with Gasteiger partial charge in [-0.25, -0.2) is 0 Å². The molecule has 3 rings (SSSR count). The summed E-state index contributed by atoms with van der Waals surface area (Å²) in [4.78, 5) is 9.19. The van der Waals surface area contributed by atoms with Crippen LogP contribution in [0.15, 0.2) is 29.3 Å². The molecule has 2 fully saturated rings. The molecule has 170 valence electrons. The third-order valence-corrected chi connectivity index (χ3v) is 5.56. The molecule has 7 nitrogen and oxygen atoms in total. The van der Waals surface area contributed by atoms with Gasteiger partial charge in [0.15, 0.2) is 5.96 Å². The number of piperidine rings is 1. The van der Waals surface area contributed by atoms with Gasteiger partial charge in [-0.1, -0.05) is 12.1 Å². The topological polar surface area (TPSA) is 58.6 Å². The van der Waals surface area contributed by atoms with Crippen LogP contribution in [0.5, 0.6) is 0 Å². The van der Waals surface area contributed by atoms with Crippen LogP contribution in [0, 0.1) is 0 Å². The highest BCUT2D eigenvalue weighted by Gasteiger charge is 2.21. The molecule has 0 saturated carbocycles. The fraction of sp³-hybridized carbons (Fsp3) is 0.682. The van der Waals surface area contributed by atoms with Crippen molar-refractivity contribution in [1.82, 2.24) is 10.2 Å². The molecule has 0 aliphatic carbocycles. The van der Waals surface area contributed by atoms with Crippen LogP contribution in [0.2, 0.25) is 0 Å². The van der Waals surface area contributed by atoms with Gasteiger partial charge in [0.25, 0.3) is 0 Å². The van der Waals surface area contributed by atoms with E-state index in [0.717, 1.165) is 84.4 Å². The van der Waals surface area contributed by atoms with Crippen molar-refractivity contribution in [3.05, 3.63) is 29.8 Å². The van der Waals surface area contributed by atoms with E-state index in [4.69, 9.17) is 14.2 Å². The maximum atomic E-state index is 5.96. The molecule has 0 amide bonds. The van der Waals surface area contributed by atoms with Crippen LogP contribution < -0.4 is 10.2 Å². The van der Waals surface area contributed by atoms with Crippen LogP contribution in [0.1, 0.15) is 24.8 Å². The van der Waals surface area contributed by atoms with Crippen LogP contribution in [-0.4, -0.2) is 83.7 Å². The highest BCUT2D eigenvalue weighted by Crippen LogP contribution is 2.17. The molecule has 30 heavy (non-hydrogen) atoms. The molecule has 2 aliphatic rings. The summed E-state index contributed by atoms with van der Waals surface area (Å²) in [5.41, 5.74) is 2.54. The highest BCUT2D eigenvalue weighted by molar-refractivity contribution is 14.0. The monoisotopic (exact) mass is 532 g/mol. The molecule has 8 heteroatoms. The summed E-state index contributed by atoms with van der Waals surface area (Å²) < 4.78 is 16.5. The lowest BCUT2D eigenvalue weighted by atomic mass is 10.1. The normalized spacial score (nSPS) is 18.3. The summed E-state index contributed by atoms with van der Waals surface area (Å²) in [5.74, 6) is 0.972. The molecule has 2 saturated heterocycles. The molecule has 0 bridgehead atoms. The smallest absolute Gasteiger partial charge is 0.193 e. The Morgan fingerprint density at radius 1 is 1.10 bits per heavy atom. The summed E-state index contributed by atoms with van der Waals surface area (Å²) in [6.45, 7) is 7.85. The van der Waals surface area contributed by atoms with E-state index in [-0.39, 0.29) is 24.0 Å². The quantitative estimate of drug-likeness (QED) is 0.241. The van der Waals surface area contributed by atoms with Crippen LogP contribution in [-0.2, 0) is 20.8 Å². The second-order valence-electron chi connectivity index (χ2n) is 7.57. The number of rotatable bonds is 8. The van der Waals surface area contributed by atoms with Crippen molar-refractivity contribution in [1.29, 1.82) is 0 Å². The van der Waals surface area contributed by atoms with E-state index >= 15 is 0 Å². The Morgan fingerprint density at radius 3 is 2.43 bits per heavy atom. The number of hydrogen-bond donors (Lipinski definition) is 1. The number of likely N-dealkylation sites (tertiary alicyclic amines) is 1. The number of benzene rings is 1. The zero-order valence-electron chi connectivity index (χ0n) is 18.3. The Bertz CT molecular complexity index is 615. The Kier molecular flexibility index (Phi) is 11.8. The fourth-order valence-corrected chi connectivity index (χ4v) is 3.85. The van der Waals surface area contributed by atoms with E-state index in [0.29, 0.717) is 6.10 Å². The number of ether oxygens (including phenoxy) is 3. The lowest BCUT2D eigenvalue weighted by molar-refractivity contribution is 0.00989. The second kappa shape index (κ2) is 14.1. The number of anilines is 1. The standard InChI is InChI=1S/C22H36N4O3.HI/c1-23-22(26-10-8-21(9-11-26)29-15-3-14-27-2)24-18-19-4-6-20(7-5-19)25-12-16-28-17-13-25;/h4-7,21H,3,8-18H2,1-2H3,(H,23,24);1H. The number of aliphatic imine (C=N–C) groups is 1.